The van der Waals surface area contributed by atoms with E-state index in [9.17, 15) is 4.79 Å². The van der Waals surface area contributed by atoms with E-state index in [0.717, 1.165) is 22.5 Å². The molecule has 1 N–H and O–H groups in total. The number of hydrogen-bond acceptors (Lipinski definition) is 4. The zero-order valence-corrected chi connectivity index (χ0v) is 14.2. The minimum absolute atomic E-state index is 0.165. The van der Waals surface area contributed by atoms with Gasteiger partial charge < -0.3 is 10.1 Å². The lowest BCUT2D eigenvalue weighted by molar-refractivity contribution is -0.140. The van der Waals surface area contributed by atoms with Crippen LogP contribution < -0.4 is 5.32 Å². The summed E-state index contributed by atoms with van der Waals surface area (Å²) in [5.41, 5.74) is 5.18. The molecule has 0 unspecified atom stereocenters. The molecule has 0 saturated carbocycles. The van der Waals surface area contributed by atoms with Crippen LogP contribution in [0.15, 0.2) is 36.5 Å². The number of anilines is 1. The molecular formula is C19H24N2O2. The first kappa shape index (κ1) is 17.0. The predicted octanol–water partition coefficient (Wildman–Crippen LogP) is 4.16. The number of pyridine rings is 1. The van der Waals surface area contributed by atoms with E-state index in [4.69, 9.17) is 4.74 Å². The van der Waals surface area contributed by atoms with Crippen LogP contribution in [0.4, 0.5) is 5.69 Å². The summed E-state index contributed by atoms with van der Waals surface area (Å²) < 4.78 is 4.94. The molecule has 0 fully saturated rings. The number of esters is 1. The van der Waals surface area contributed by atoms with Gasteiger partial charge in [0.15, 0.2) is 0 Å². The van der Waals surface area contributed by atoms with Gasteiger partial charge in [-0.15, -0.1) is 0 Å². The predicted molar refractivity (Wildman–Crippen MR) is 93.6 cm³/mol. The Morgan fingerprint density at radius 1 is 1.26 bits per heavy atom. The van der Waals surface area contributed by atoms with Gasteiger partial charge in [-0.05, 0) is 43.0 Å². The average molecular weight is 312 g/mol. The molecule has 1 aromatic heterocycles. The lowest BCUT2D eigenvalue weighted by Crippen LogP contribution is -2.17. The Labute approximate surface area is 137 Å². The van der Waals surface area contributed by atoms with Crippen LogP contribution in [-0.4, -0.2) is 24.1 Å². The molecule has 1 heterocycles. The van der Waals surface area contributed by atoms with E-state index in [0.29, 0.717) is 12.5 Å². The molecule has 0 bridgehead atoms. The summed E-state index contributed by atoms with van der Waals surface area (Å²) in [6, 6.07) is 10.2. The highest BCUT2D eigenvalue weighted by Crippen LogP contribution is 2.25. The molecule has 0 amide bonds. The van der Waals surface area contributed by atoms with Crippen molar-refractivity contribution < 1.29 is 9.53 Å². The Morgan fingerprint density at radius 3 is 2.65 bits per heavy atom. The van der Waals surface area contributed by atoms with Crippen LogP contribution in [0.3, 0.4) is 0 Å². The van der Waals surface area contributed by atoms with E-state index < -0.39 is 0 Å². The van der Waals surface area contributed by atoms with Crippen molar-refractivity contribution in [3.63, 3.8) is 0 Å². The number of nitrogens with zero attached hydrogens (tertiary/aromatic N) is 1. The zero-order chi connectivity index (χ0) is 16.8. The number of aryl methyl sites for hydroxylation is 1. The molecule has 122 valence electrons. The third kappa shape index (κ3) is 4.55. The molecule has 0 radical (unpaired) electrons. The monoisotopic (exact) mass is 312 g/mol. The van der Waals surface area contributed by atoms with E-state index >= 15 is 0 Å². The van der Waals surface area contributed by atoms with Crippen LogP contribution in [-0.2, 0) is 9.53 Å². The molecule has 2 aromatic rings. The van der Waals surface area contributed by atoms with E-state index in [-0.39, 0.29) is 12.5 Å². The second-order valence-corrected chi connectivity index (χ2v) is 5.82. The Kier molecular flexibility index (Phi) is 5.74. The fourth-order valence-electron chi connectivity index (χ4n) is 2.27. The molecule has 0 aliphatic heterocycles. The van der Waals surface area contributed by atoms with Gasteiger partial charge in [-0.25, -0.2) is 0 Å². The minimum Gasteiger partial charge on any atom is -0.465 e. The smallest absolute Gasteiger partial charge is 0.325 e. The Balaban J connectivity index is 2.17. The van der Waals surface area contributed by atoms with Gasteiger partial charge in [-0.2, -0.15) is 0 Å². The number of rotatable bonds is 6. The van der Waals surface area contributed by atoms with Gasteiger partial charge in [0.25, 0.3) is 0 Å². The number of carbonyl (C=O) groups excluding carboxylic acids is 1. The third-order valence-corrected chi connectivity index (χ3v) is 3.71. The lowest BCUT2D eigenvalue weighted by atomic mass is 10.0. The number of aromatic nitrogens is 1. The van der Waals surface area contributed by atoms with Crippen molar-refractivity contribution in [2.24, 2.45) is 0 Å². The number of nitrogens with one attached hydrogen (secondary N) is 1. The van der Waals surface area contributed by atoms with E-state index in [1.165, 1.54) is 5.56 Å². The summed E-state index contributed by atoms with van der Waals surface area (Å²) in [4.78, 5) is 16.0. The van der Waals surface area contributed by atoms with E-state index in [2.05, 4.69) is 30.2 Å². The Hall–Kier alpha value is -2.36. The molecule has 4 heteroatoms. The topological polar surface area (TPSA) is 51.2 Å². The second kappa shape index (κ2) is 7.77. The van der Waals surface area contributed by atoms with Crippen LogP contribution in [0.25, 0.3) is 11.3 Å². The van der Waals surface area contributed by atoms with Gasteiger partial charge >= 0.3 is 5.97 Å². The maximum absolute atomic E-state index is 11.5. The van der Waals surface area contributed by atoms with Crippen molar-refractivity contribution in [2.75, 3.05) is 18.5 Å². The highest BCUT2D eigenvalue weighted by molar-refractivity contribution is 5.76. The summed E-state index contributed by atoms with van der Waals surface area (Å²) in [5, 5.41) is 3.13. The van der Waals surface area contributed by atoms with Gasteiger partial charge in [-0.3, -0.25) is 9.78 Å². The summed E-state index contributed by atoms with van der Waals surface area (Å²) in [5.74, 6) is 0.216. The molecule has 1 aromatic carbocycles. The second-order valence-electron chi connectivity index (χ2n) is 5.82. The van der Waals surface area contributed by atoms with Gasteiger partial charge in [0.1, 0.15) is 6.54 Å². The summed E-state index contributed by atoms with van der Waals surface area (Å²) in [6.45, 7) is 8.67. The minimum atomic E-state index is -0.253. The molecule has 0 spiro atoms. The maximum atomic E-state index is 11.5. The number of ether oxygens (including phenoxy) is 1. The van der Waals surface area contributed by atoms with Crippen LogP contribution in [0.2, 0.25) is 0 Å². The average Bonchev–Trinajstić information content (AvgIpc) is 2.54. The van der Waals surface area contributed by atoms with Crippen LogP contribution in [0, 0.1) is 6.92 Å². The number of benzene rings is 1. The molecule has 2 rings (SSSR count). The fourth-order valence-corrected chi connectivity index (χ4v) is 2.27. The fraction of sp³-hybridized carbons (Fsp3) is 0.368. The maximum Gasteiger partial charge on any atom is 0.325 e. The molecule has 0 aliphatic rings. The molecule has 0 saturated heterocycles. The van der Waals surface area contributed by atoms with Crippen molar-refractivity contribution in [1.82, 2.24) is 4.98 Å². The van der Waals surface area contributed by atoms with Crippen molar-refractivity contribution in [3.8, 4) is 11.3 Å². The van der Waals surface area contributed by atoms with Crippen LogP contribution in [0.1, 0.15) is 37.8 Å². The zero-order valence-electron chi connectivity index (χ0n) is 14.2. The van der Waals surface area contributed by atoms with Gasteiger partial charge in [0.2, 0.25) is 0 Å². The standard InChI is InChI=1S/C19H24N2O2/c1-5-23-19(22)12-21-18-10-15(7-6-14(18)4)17-9-8-16(11-20-17)13(2)3/h6-11,13,21H,5,12H2,1-4H3. The SMILES string of the molecule is CCOC(=O)CNc1cc(-c2ccc(C(C)C)cn2)ccc1C. The summed E-state index contributed by atoms with van der Waals surface area (Å²) in [6.07, 6.45) is 1.92. The van der Waals surface area contributed by atoms with Crippen molar-refractivity contribution in [2.45, 2.75) is 33.6 Å². The normalized spacial score (nSPS) is 10.7. The Morgan fingerprint density at radius 2 is 2.04 bits per heavy atom. The first-order valence-corrected chi connectivity index (χ1v) is 7.97. The summed E-state index contributed by atoms with van der Waals surface area (Å²) in [7, 11) is 0. The summed E-state index contributed by atoms with van der Waals surface area (Å²) >= 11 is 0. The number of carbonyl (C=O) groups is 1. The van der Waals surface area contributed by atoms with Gasteiger partial charge in [0.05, 0.1) is 12.3 Å². The van der Waals surface area contributed by atoms with Crippen molar-refractivity contribution >= 4 is 11.7 Å². The van der Waals surface area contributed by atoms with Crippen LogP contribution >= 0.6 is 0 Å². The highest BCUT2D eigenvalue weighted by Gasteiger charge is 2.07. The van der Waals surface area contributed by atoms with Crippen molar-refractivity contribution in [1.29, 1.82) is 0 Å². The molecule has 0 atom stereocenters. The first-order chi connectivity index (χ1) is 11.0. The largest absolute Gasteiger partial charge is 0.465 e. The lowest BCUT2D eigenvalue weighted by Gasteiger charge is -2.12. The first-order valence-electron chi connectivity index (χ1n) is 7.97. The molecular weight excluding hydrogens is 288 g/mol. The van der Waals surface area contributed by atoms with Gasteiger partial charge in [-0.1, -0.05) is 32.0 Å². The quantitative estimate of drug-likeness (QED) is 0.814. The highest BCUT2D eigenvalue weighted by atomic mass is 16.5. The Bertz CT molecular complexity index is 664. The third-order valence-electron chi connectivity index (χ3n) is 3.71. The number of hydrogen-bond donors (Lipinski definition) is 1. The van der Waals surface area contributed by atoms with E-state index in [1.807, 2.05) is 37.4 Å². The van der Waals surface area contributed by atoms with Crippen molar-refractivity contribution in [3.05, 3.63) is 47.7 Å². The molecule has 0 aliphatic carbocycles. The van der Waals surface area contributed by atoms with E-state index in [1.54, 1.807) is 6.92 Å². The molecule has 23 heavy (non-hydrogen) atoms. The molecule has 4 nitrogen and oxygen atoms in total. The van der Waals surface area contributed by atoms with Crippen LogP contribution in [0.5, 0.6) is 0 Å². The van der Waals surface area contributed by atoms with Gasteiger partial charge in [0, 0.05) is 17.4 Å².